The molecule has 0 spiro atoms. The lowest BCUT2D eigenvalue weighted by Crippen LogP contribution is -2.69. The Morgan fingerprint density at radius 1 is 0.800 bits per heavy atom. The van der Waals surface area contributed by atoms with Crippen LogP contribution in [-0.2, 0) is 23.1 Å². The van der Waals surface area contributed by atoms with Gasteiger partial charge in [0, 0.05) is 32.0 Å². The molecule has 3 aromatic carbocycles. The van der Waals surface area contributed by atoms with Gasteiger partial charge in [-0.25, -0.2) is 0 Å². The lowest BCUT2D eigenvalue weighted by molar-refractivity contribution is -0.355. The fourth-order valence-electron chi connectivity index (χ4n) is 8.82. The van der Waals surface area contributed by atoms with Gasteiger partial charge >= 0.3 is 0 Å². The second-order valence-electron chi connectivity index (χ2n) is 19.5. The van der Waals surface area contributed by atoms with Crippen molar-refractivity contribution < 1.29 is 42.7 Å². The number of aliphatic hydroxyl groups is 2. The summed E-state index contributed by atoms with van der Waals surface area (Å²) < 4.78 is 47.9. The zero-order valence-electron chi connectivity index (χ0n) is 38.4. The molecule has 2 aliphatic rings. The number of benzene rings is 3. The van der Waals surface area contributed by atoms with E-state index in [0.717, 1.165) is 6.42 Å². The van der Waals surface area contributed by atoms with Crippen molar-refractivity contribution in [2.75, 3.05) is 20.8 Å². The van der Waals surface area contributed by atoms with E-state index in [1.165, 1.54) is 10.4 Å². The second-order valence-corrected chi connectivity index (χ2v) is 28.6. The molecule has 0 bridgehead atoms. The van der Waals surface area contributed by atoms with Crippen LogP contribution in [0.15, 0.2) is 97.6 Å². The Bertz CT molecular complexity index is 1740. The van der Waals surface area contributed by atoms with Gasteiger partial charge in [-0.2, -0.15) is 0 Å². The number of ether oxygens (including phenoxy) is 5. The monoisotopic (exact) mass is 862 g/mol. The maximum atomic E-state index is 12.6. The number of allylic oxidation sites excluding steroid dienone is 1. The van der Waals surface area contributed by atoms with Crippen LogP contribution in [0.2, 0.25) is 23.2 Å². The van der Waals surface area contributed by atoms with E-state index in [4.69, 9.17) is 32.5 Å². The maximum Gasteiger partial charge on any atom is 0.261 e. The Labute approximate surface area is 363 Å². The standard InChI is InChI=1S/C49H74O9Si2/c1-14-15-26-41-34(2)40(50)33-49(53-11,57-41)46(58-59(12,13)47(4,5)6)44-35(3)43(51)45(55-37-29-27-36(52-10)28-30-37)42(56-44)31-32-54-60(48(7,8)9,38-22-18-16-19-23-38)39-24-20-17-21-25-39/h14,16-25,27-30,34-35,40-46,50-51H,1,15,26,31-33H2,2-13H3/t34-,35-,40+,41-,42-,43-,44-,45-,46?,49-/m1/s1. The van der Waals surface area contributed by atoms with Gasteiger partial charge in [-0.05, 0) is 77.1 Å². The number of aliphatic hydroxyl groups excluding tert-OH is 2. The van der Waals surface area contributed by atoms with Crippen LogP contribution < -0.4 is 19.8 Å². The summed E-state index contributed by atoms with van der Waals surface area (Å²) in [4.78, 5) is 0. The Morgan fingerprint density at radius 2 is 1.37 bits per heavy atom. The maximum absolute atomic E-state index is 12.6. The van der Waals surface area contributed by atoms with Gasteiger partial charge < -0.3 is 42.7 Å². The number of hydrogen-bond acceptors (Lipinski definition) is 9. The fourth-order valence-corrected chi connectivity index (χ4v) is 14.7. The molecule has 2 aliphatic heterocycles. The third-order valence-electron chi connectivity index (χ3n) is 13.6. The van der Waals surface area contributed by atoms with E-state index in [0.29, 0.717) is 30.9 Å². The highest BCUT2D eigenvalue weighted by molar-refractivity contribution is 6.99. The van der Waals surface area contributed by atoms with Crippen molar-refractivity contribution in [2.24, 2.45) is 11.8 Å². The summed E-state index contributed by atoms with van der Waals surface area (Å²) in [6, 6.07) is 28.6. The van der Waals surface area contributed by atoms with Gasteiger partial charge in [-0.3, -0.25) is 0 Å². The topological polar surface area (TPSA) is 105 Å². The van der Waals surface area contributed by atoms with Crippen LogP contribution in [-0.4, -0.2) is 96.2 Å². The molecule has 0 saturated carbocycles. The minimum Gasteiger partial charge on any atom is -0.497 e. The summed E-state index contributed by atoms with van der Waals surface area (Å²) in [6.45, 7) is 26.1. The van der Waals surface area contributed by atoms with Crippen LogP contribution in [0.1, 0.15) is 81.1 Å². The van der Waals surface area contributed by atoms with Gasteiger partial charge in [-0.1, -0.05) is 122 Å². The van der Waals surface area contributed by atoms with E-state index in [9.17, 15) is 10.2 Å². The Kier molecular flexibility index (Phi) is 15.8. The molecule has 3 aromatic rings. The predicted octanol–water partition coefficient (Wildman–Crippen LogP) is 8.66. The van der Waals surface area contributed by atoms with E-state index < -0.39 is 65.0 Å². The van der Waals surface area contributed by atoms with Gasteiger partial charge in [0.1, 0.15) is 17.6 Å². The average Bonchev–Trinajstić information content (AvgIpc) is 3.21. The summed E-state index contributed by atoms with van der Waals surface area (Å²) in [6.07, 6.45) is -1.04. The van der Waals surface area contributed by atoms with Crippen molar-refractivity contribution in [3.63, 3.8) is 0 Å². The first kappa shape index (κ1) is 48.2. The zero-order chi connectivity index (χ0) is 44.1. The summed E-state index contributed by atoms with van der Waals surface area (Å²) in [7, 11) is -2.22. The molecule has 10 atom stereocenters. The highest BCUT2D eigenvalue weighted by atomic mass is 28.4. The van der Waals surface area contributed by atoms with Gasteiger partial charge in [0.25, 0.3) is 8.32 Å². The normalized spacial score (nSPS) is 28.5. The SMILES string of the molecule is C=CCC[C@H]1O[C@@](OC)(C(O[Si](C)(C)C(C)(C)C)[C@@H]2O[C@H](CCO[Si](c3ccccc3)(c3ccccc3)C(C)(C)C)[C@@H](Oc3ccc(OC)cc3)[C@H](O)[C@H]2C)C[C@H](O)[C@H]1C. The number of methoxy groups -OCH3 is 2. The molecule has 0 aromatic heterocycles. The summed E-state index contributed by atoms with van der Waals surface area (Å²) in [5.41, 5.74) is 0. The van der Waals surface area contributed by atoms with Crippen LogP contribution >= 0.6 is 0 Å². The summed E-state index contributed by atoms with van der Waals surface area (Å²) in [5.74, 6) is -0.697. The third kappa shape index (κ3) is 10.2. The van der Waals surface area contributed by atoms with Crippen molar-refractivity contribution in [2.45, 2.75) is 153 Å². The lowest BCUT2D eigenvalue weighted by atomic mass is 9.78. The molecule has 1 unspecified atom stereocenters. The van der Waals surface area contributed by atoms with Gasteiger partial charge in [0.05, 0.1) is 37.6 Å². The van der Waals surface area contributed by atoms with E-state index in [-0.39, 0.29) is 28.5 Å². The molecule has 0 radical (unpaired) electrons. The highest BCUT2D eigenvalue weighted by Crippen LogP contribution is 2.47. The van der Waals surface area contributed by atoms with Crippen LogP contribution in [0.3, 0.4) is 0 Å². The summed E-state index contributed by atoms with van der Waals surface area (Å²) >= 11 is 0. The molecule has 332 valence electrons. The van der Waals surface area contributed by atoms with Gasteiger partial charge in [0.2, 0.25) is 0 Å². The van der Waals surface area contributed by atoms with Crippen molar-refractivity contribution in [3.8, 4) is 11.5 Å². The molecule has 2 fully saturated rings. The Balaban J connectivity index is 1.59. The third-order valence-corrected chi connectivity index (χ3v) is 23.1. The van der Waals surface area contributed by atoms with Crippen LogP contribution in [0.4, 0.5) is 0 Å². The molecule has 2 heterocycles. The zero-order valence-corrected chi connectivity index (χ0v) is 40.4. The molecule has 5 rings (SSSR count). The molecule has 11 heteroatoms. The molecule has 0 aliphatic carbocycles. The van der Waals surface area contributed by atoms with Gasteiger partial charge in [-0.15, -0.1) is 6.58 Å². The van der Waals surface area contributed by atoms with Crippen molar-refractivity contribution in [1.82, 2.24) is 0 Å². The lowest BCUT2D eigenvalue weighted by Gasteiger charge is -2.56. The first-order valence-electron chi connectivity index (χ1n) is 21.8. The molecule has 60 heavy (non-hydrogen) atoms. The van der Waals surface area contributed by atoms with Crippen molar-refractivity contribution in [3.05, 3.63) is 97.6 Å². The molecule has 0 amide bonds. The molecule has 9 nitrogen and oxygen atoms in total. The fraction of sp³-hybridized carbons (Fsp3) is 0.592. The van der Waals surface area contributed by atoms with E-state index in [2.05, 4.69) is 110 Å². The molecule has 2 saturated heterocycles. The van der Waals surface area contributed by atoms with Crippen LogP contribution in [0.5, 0.6) is 11.5 Å². The smallest absolute Gasteiger partial charge is 0.261 e. The first-order valence-corrected chi connectivity index (χ1v) is 26.7. The molecular formula is C49H74O9Si2. The first-order chi connectivity index (χ1) is 28.2. The Morgan fingerprint density at radius 3 is 1.87 bits per heavy atom. The van der Waals surface area contributed by atoms with E-state index in [1.807, 2.05) is 56.3 Å². The number of hydrogen-bond donors (Lipinski definition) is 2. The largest absolute Gasteiger partial charge is 0.497 e. The van der Waals surface area contributed by atoms with E-state index >= 15 is 0 Å². The quantitative estimate of drug-likeness (QED) is 0.102. The van der Waals surface area contributed by atoms with E-state index in [1.54, 1.807) is 14.2 Å². The van der Waals surface area contributed by atoms with Crippen LogP contribution in [0.25, 0.3) is 0 Å². The number of rotatable bonds is 17. The predicted molar refractivity (Wildman–Crippen MR) is 245 cm³/mol. The minimum atomic E-state index is -2.91. The average molecular weight is 863 g/mol. The molecular weight excluding hydrogens is 789 g/mol. The summed E-state index contributed by atoms with van der Waals surface area (Å²) in [5, 5.41) is 26.2. The molecule has 2 N–H and O–H groups in total. The second kappa shape index (κ2) is 19.7. The van der Waals surface area contributed by atoms with Gasteiger partial charge in [0.15, 0.2) is 20.2 Å². The van der Waals surface area contributed by atoms with Crippen molar-refractivity contribution >= 4 is 27.0 Å². The van der Waals surface area contributed by atoms with Crippen molar-refractivity contribution in [1.29, 1.82) is 0 Å². The van der Waals surface area contributed by atoms with Crippen LogP contribution in [0, 0.1) is 11.8 Å². The highest BCUT2D eigenvalue weighted by Gasteiger charge is 2.60. The Hall–Kier alpha value is -2.85. The minimum absolute atomic E-state index is 0.134.